The Morgan fingerprint density at radius 3 is 2.34 bits per heavy atom. The quantitative estimate of drug-likeness (QED) is 0.238. The minimum Gasteiger partial charge on any atom is -0.478 e. The summed E-state index contributed by atoms with van der Waals surface area (Å²) in [6.45, 7) is 1.99. The maximum Gasteiger partial charge on any atom is 0.335 e. The van der Waals surface area contributed by atoms with Crippen molar-refractivity contribution in [3.63, 3.8) is 0 Å². The van der Waals surface area contributed by atoms with Gasteiger partial charge in [0.05, 0.1) is 16.2 Å². The average molecular weight is 446 g/mol. The Kier molecular flexibility index (Phi) is 6.00. The molecule has 160 valence electrons. The fraction of sp³-hybridized carbons (Fsp3) is 0.0870. The van der Waals surface area contributed by atoms with Crippen LogP contribution in [0.1, 0.15) is 21.5 Å². The van der Waals surface area contributed by atoms with Crippen LogP contribution in [0, 0.1) is 17.0 Å². The summed E-state index contributed by atoms with van der Waals surface area (Å²) >= 11 is 1.48. The lowest BCUT2D eigenvalue weighted by Gasteiger charge is -2.13. The molecule has 0 bridgehead atoms. The lowest BCUT2D eigenvalue weighted by molar-refractivity contribution is -0.384. The molecular formula is C23H18N4O4S. The normalized spacial score (nSPS) is 10.8. The van der Waals surface area contributed by atoms with Crippen molar-refractivity contribution < 1.29 is 14.8 Å². The van der Waals surface area contributed by atoms with Crippen LogP contribution in [0.2, 0.25) is 0 Å². The van der Waals surface area contributed by atoms with E-state index < -0.39 is 10.9 Å². The predicted octanol–water partition coefficient (Wildman–Crippen LogP) is 5.14. The molecule has 0 radical (unpaired) electrons. The molecule has 9 heteroatoms. The minimum atomic E-state index is -0.962. The van der Waals surface area contributed by atoms with Crippen LogP contribution in [0.4, 0.5) is 5.69 Å². The second-order valence-corrected chi connectivity index (χ2v) is 7.97. The monoisotopic (exact) mass is 446 g/mol. The number of nitro groups is 1. The summed E-state index contributed by atoms with van der Waals surface area (Å²) in [7, 11) is 0. The highest BCUT2D eigenvalue weighted by Crippen LogP contribution is 2.31. The number of rotatable bonds is 7. The van der Waals surface area contributed by atoms with Crippen LogP contribution >= 0.6 is 11.8 Å². The van der Waals surface area contributed by atoms with Crippen LogP contribution in [0.5, 0.6) is 0 Å². The summed E-state index contributed by atoms with van der Waals surface area (Å²) in [6.07, 6.45) is 0. The summed E-state index contributed by atoms with van der Waals surface area (Å²) in [4.78, 5) is 21.6. The van der Waals surface area contributed by atoms with Crippen LogP contribution < -0.4 is 0 Å². The van der Waals surface area contributed by atoms with Gasteiger partial charge in [-0.15, -0.1) is 10.2 Å². The smallest absolute Gasteiger partial charge is 0.335 e. The number of carbonyl (C=O) groups is 1. The number of carboxylic acids is 1. The molecule has 1 N–H and O–H groups in total. The first kappa shape index (κ1) is 21.3. The Labute approximate surface area is 187 Å². The van der Waals surface area contributed by atoms with E-state index >= 15 is 0 Å². The van der Waals surface area contributed by atoms with Gasteiger partial charge in [0.2, 0.25) is 0 Å². The molecule has 0 aliphatic rings. The van der Waals surface area contributed by atoms with Gasteiger partial charge < -0.3 is 5.11 Å². The zero-order valence-electron chi connectivity index (χ0n) is 17.0. The van der Waals surface area contributed by atoms with E-state index in [4.69, 9.17) is 5.11 Å². The number of hydrogen-bond acceptors (Lipinski definition) is 6. The molecule has 1 aromatic heterocycles. The standard InChI is InChI=1S/C23H18N4O4S/c1-15-4-2-3-5-20(15)26-21(17-10-12-19(13-11-17)27(30)31)24-25-23(26)32-14-16-6-8-18(9-7-16)22(28)29/h2-13H,14H2,1H3,(H,28,29). The van der Waals surface area contributed by atoms with Gasteiger partial charge in [-0.1, -0.05) is 42.1 Å². The molecule has 0 aliphatic carbocycles. The predicted molar refractivity (Wildman–Crippen MR) is 121 cm³/mol. The minimum absolute atomic E-state index is 0.00936. The third kappa shape index (κ3) is 4.37. The second-order valence-electron chi connectivity index (χ2n) is 7.02. The molecule has 4 rings (SSSR count). The number of para-hydroxylation sites is 1. The van der Waals surface area contributed by atoms with Gasteiger partial charge in [0.25, 0.3) is 5.69 Å². The van der Waals surface area contributed by atoms with Crippen LogP contribution in [0.3, 0.4) is 0 Å². The van der Waals surface area contributed by atoms with Crippen LogP contribution in [-0.2, 0) is 5.75 Å². The Bertz CT molecular complexity index is 1280. The maximum absolute atomic E-state index is 11.1. The van der Waals surface area contributed by atoms with Gasteiger partial charge in [-0.05, 0) is 48.4 Å². The van der Waals surface area contributed by atoms with Gasteiger partial charge in [-0.3, -0.25) is 14.7 Å². The van der Waals surface area contributed by atoms with Gasteiger partial charge in [0.1, 0.15) is 0 Å². The number of aryl methyl sites for hydroxylation is 1. The van der Waals surface area contributed by atoms with Crippen LogP contribution in [-0.4, -0.2) is 30.8 Å². The molecule has 0 fully saturated rings. The van der Waals surface area contributed by atoms with Gasteiger partial charge in [-0.2, -0.15) is 0 Å². The Hall–Kier alpha value is -3.98. The van der Waals surface area contributed by atoms with Crippen molar-refractivity contribution in [2.45, 2.75) is 17.8 Å². The number of hydrogen-bond donors (Lipinski definition) is 1. The van der Waals surface area contributed by atoms with Crippen molar-refractivity contribution in [2.24, 2.45) is 0 Å². The average Bonchev–Trinajstić information content (AvgIpc) is 3.22. The highest BCUT2D eigenvalue weighted by Gasteiger charge is 2.18. The molecular weight excluding hydrogens is 428 g/mol. The first-order valence-electron chi connectivity index (χ1n) is 9.65. The van der Waals surface area contributed by atoms with E-state index in [-0.39, 0.29) is 11.3 Å². The number of aromatic carboxylic acids is 1. The van der Waals surface area contributed by atoms with Gasteiger partial charge in [0, 0.05) is 23.4 Å². The van der Waals surface area contributed by atoms with Crippen molar-refractivity contribution in [3.05, 3.63) is 99.6 Å². The Morgan fingerprint density at radius 2 is 1.72 bits per heavy atom. The largest absolute Gasteiger partial charge is 0.478 e. The molecule has 0 spiro atoms. The number of nitrogens with zero attached hydrogens (tertiary/aromatic N) is 4. The maximum atomic E-state index is 11.1. The molecule has 8 nitrogen and oxygen atoms in total. The summed E-state index contributed by atoms with van der Waals surface area (Å²) in [5.74, 6) is 0.193. The lowest BCUT2D eigenvalue weighted by atomic mass is 10.1. The number of nitro benzene ring substituents is 1. The highest BCUT2D eigenvalue weighted by atomic mass is 32.2. The molecule has 0 aliphatic heterocycles. The summed E-state index contributed by atoms with van der Waals surface area (Å²) in [5, 5.41) is 29.5. The number of non-ortho nitro benzene ring substituents is 1. The third-order valence-electron chi connectivity index (χ3n) is 4.89. The Morgan fingerprint density at radius 1 is 1.03 bits per heavy atom. The summed E-state index contributed by atoms with van der Waals surface area (Å²) < 4.78 is 1.94. The van der Waals surface area contributed by atoms with Gasteiger partial charge in [-0.25, -0.2) is 4.79 Å². The van der Waals surface area contributed by atoms with Gasteiger partial charge >= 0.3 is 5.97 Å². The molecule has 4 aromatic rings. The third-order valence-corrected chi connectivity index (χ3v) is 5.89. The van der Waals surface area contributed by atoms with E-state index in [2.05, 4.69) is 10.2 Å². The van der Waals surface area contributed by atoms with E-state index in [1.807, 2.05) is 35.8 Å². The number of benzene rings is 3. The second kappa shape index (κ2) is 9.03. The van der Waals surface area contributed by atoms with Crippen molar-refractivity contribution in [3.8, 4) is 17.1 Å². The summed E-state index contributed by atoms with van der Waals surface area (Å²) in [6, 6.07) is 20.8. The first-order chi connectivity index (χ1) is 15.4. The Balaban J connectivity index is 1.70. The fourth-order valence-electron chi connectivity index (χ4n) is 3.21. The molecule has 0 atom stereocenters. The fourth-order valence-corrected chi connectivity index (χ4v) is 4.11. The number of thioether (sulfide) groups is 1. The molecule has 1 heterocycles. The van der Waals surface area contributed by atoms with E-state index in [0.29, 0.717) is 22.3 Å². The zero-order chi connectivity index (χ0) is 22.7. The molecule has 0 saturated carbocycles. The van der Waals surface area contributed by atoms with E-state index in [0.717, 1.165) is 16.8 Å². The highest BCUT2D eigenvalue weighted by molar-refractivity contribution is 7.98. The van der Waals surface area contributed by atoms with E-state index in [9.17, 15) is 14.9 Å². The van der Waals surface area contributed by atoms with Crippen molar-refractivity contribution in [1.82, 2.24) is 14.8 Å². The SMILES string of the molecule is Cc1ccccc1-n1c(SCc2ccc(C(=O)O)cc2)nnc1-c1ccc([N+](=O)[O-])cc1. The molecule has 32 heavy (non-hydrogen) atoms. The van der Waals surface area contributed by atoms with Crippen LogP contribution in [0.25, 0.3) is 17.1 Å². The van der Waals surface area contributed by atoms with Crippen LogP contribution in [0.15, 0.2) is 78.0 Å². The van der Waals surface area contributed by atoms with E-state index in [1.54, 1.807) is 36.4 Å². The van der Waals surface area contributed by atoms with Crippen molar-refractivity contribution >= 4 is 23.4 Å². The first-order valence-corrected chi connectivity index (χ1v) is 10.6. The zero-order valence-corrected chi connectivity index (χ0v) is 17.8. The molecule has 0 amide bonds. The molecule has 0 saturated heterocycles. The van der Waals surface area contributed by atoms with E-state index in [1.165, 1.54) is 23.9 Å². The topological polar surface area (TPSA) is 111 Å². The lowest BCUT2D eigenvalue weighted by Crippen LogP contribution is -2.02. The van der Waals surface area contributed by atoms with Crippen molar-refractivity contribution in [1.29, 1.82) is 0 Å². The van der Waals surface area contributed by atoms with Gasteiger partial charge in [0.15, 0.2) is 11.0 Å². The molecule has 3 aromatic carbocycles. The number of carboxylic acid groups (broad SMARTS) is 1. The summed E-state index contributed by atoms with van der Waals surface area (Å²) in [5.41, 5.74) is 3.86. The van der Waals surface area contributed by atoms with Crippen molar-refractivity contribution in [2.75, 3.05) is 0 Å². The number of aromatic nitrogens is 3. The molecule has 0 unspecified atom stereocenters.